The van der Waals surface area contributed by atoms with E-state index in [0.717, 1.165) is 13.0 Å². The summed E-state index contributed by atoms with van der Waals surface area (Å²) in [5.41, 5.74) is 5.51. The monoisotopic (exact) mass is 240 g/mol. The molecule has 0 saturated carbocycles. The SMILES string of the molecule is CC1CCCN(C(=O)C2(C)COCC2N)C1C. The first-order chi connectivity index (χ1) is 7.97. The summed E-state index contributed by atoms with van der Waals surface area (Å²) in [4.78, 5) is 14.7. The Morgan fingerprint density at radius 2 is 2.18 bits per heavy atom. The van der Waals surface area contributed by atoms with Crippen molar-refractivity contribution < 1.29 is 9.53 Å². The van der Waals surface area contributed by atoms with Gasteiger partial charge in [-0.15, -0.1) is 0 Å². The van der Waals surface area contributed by atoms with Gasteiger partial charge in [-0.2, -0.15) is 0 Å². The van der Waals surface area contributed by atoms with Gasteiger partial charge in [0, 0.05) is 18.6 Å². The number of piperidine rings is 1. The van der Waals surface area contributed by atoms with Crippen LogP contribution in [0.2, 0.25) is 0 Å². The lowest BCUT2D eigenvalue weighted by Crippen LogP contribution is -2.56. The molecule has 2 N–H and O–H groups in total. The second kappa shape index (κ2) is 4.58. The van der Waals surface area contributed by atoms with Crippen molar-refractivity contribution >= 4 is 5.91 Å². The lowest BCUT2D eigenvalue weighted by Gasteiger charge is -2.42. The van der Waals surface area contributed by atoms with Gasteiger partial charge in [-0.05, 0) is 32.6 Å². The number of hydrogen-bond donors (Lipinski definition) is 1. The molecule has 4 heteroatoms. The summed E-state index contributed by atoms with van der Waals surface area (Å²) in [6.07, 6.45) is 2.31. The molecular formula is C13H24N2O2. The van der Waals surface area contributed by atoms with Crippen molar-refractivity contribution in [2.75, 3.05) is 19.8 Å². The lowest BCUT2D eigenvalue weighted by molar-refractivity contribution is -0.146. The molecule has 1 amide bonds. The number of ether oxygens (including phenoxy) is 1. The second-order valence-electron chi connectivity index (χ2n) is 5.90. The van der Waals surface area contributed by atoms with Gasteiger partial charge in [-0.1, -0.05) is 6.92 Å². The van der Waals surface area contributed by atoms with E-state index >= 15 is 0 Å². The van der Waals surface area contributed by atoms with E-state index in [4.69, 9.17) is 10.5 Å². The Bertz CT molecular complexity index is 308. The number of carbonyl (C=O) groups excluding carboxylic acids is 1. The van der Waals surface area contributed by atoms with Gasteiger partial charge in [0.15, 0.2) is 0 Å². The molecule has 17 heavy (non-hydrogen) atoms. The predicted molar refractivity (Wildman–Crippen MR) is 66.5 cm³/mol. The van der Waals surface area contributed by atoms with Gasteiger partial charge in [0.05, 0.1) is 18.6 Å². The van der Waals surface area contributed by atoms with E-state index in [1.54, 1.807) is 0 Å². The molecule has 0 spiro atoms. The van der Waals surface area contributed by atoms with Crippen LogP contribution < -0.4 is 5.73 Å². The van der Waals surface area contributed by atoms with Crippen LogP contribution in [0.4, 0.5) is 0 Å². The number of amides is 1. The van der Waals surface area contributed by atoms with Gasteiger partial charge < -0.3 is 15.4 Å². The van der Waals surface area contributed by atoms with Crippen LogP contribution in [-0.4, -0.2) is 42.6 Å². The van der Waals surface area contributed by atoms with Gasteiger partial charge in [0.25, 0.3) is 0 Å². The largest absolute Gasteiger partial charge is 0.379 e. The van der Waals surface area contributed by atoms with E-state index in [1.807, 2.05) is 11.8 Å². The Morgan fingerprint density at radius 3 is 2.76 bits per heavy atom. The zero-order valence-corrected chi connectivity index (χ0v) is 11.1. The first-order valence-corrected chi connectivity index (χ1v) is 6.61. The molecule has 2 fully saturated rings. The first kappa shape index (κ1) is 12.8. The molecule has 0 aromatic rings. The molecular weight excluding hydrogens is 216 g/mol. The van der Waals surface area contributed by atoms with Crippen LogP contribution >= 0.6 is 0 Å². The van der Waals surface area contributed by atoms with Gasteiger partial charge in [-0.25, -0.2) is 0 Å². The quantitative estimate of drug-likeness (QED) is 0.744. The summed E-state index contributed by atoms with van der Waals surface area (Å²) < 4.78 is 5.37. The maximum absolute atomic E-state index is 12.7. The summed E-state index contributed by atoms with van der Waals surface area (Å²) in [7, 11) is 0. The molecule has 0 bridgehead atoms. The fourth-order valence-electron chi connectivity index (χ4n) is 2.86. The zero-order chi connectivity index (χ0) is 12.6. The van der Waals surface area contributed by atoms with Crippen molar-refractivity contribution in [1.82, 2.24) is 4.90 Å². The summed E-state index contributed by atoms with van der Waals surface area (Å²) in [5, 5.41) is 0. The third kappa shape index (κ3) is 2.08. The lowest BCUT2D eigenvalue weighted by atomic mass is 9.82. The Morgan fingerprint density at radius 1 is 1.47 bits per heavy atom. The molecule has 0 radical (unpaired) electrons. The normalized spacial score (nSPS) is 42.8. The summed E-state index contributed by atoms with van der Waals surface area (Å²) in [5.74, 6) is 0.761. The second-order valence-corrected chi connectivity index (χ2v) is 5.90. The molecule has 2 rings (SSSR count). The van der Waals surface area contributed by atoms with Crippen molar-refractivity contribution in [2.45, 2.75) is 45.7 Å². The van der Waals surface area contributed by atoms with E-state index in [2.05, 4.69) is 13.8 Å². The molecule has 4 unspecified atom stereocenters. The van der Waals surface area contributed by atoms with E-state index in [-0.39, 0.29) is 11.9 Å². The Hall–Kier alpha value is -0.610. The van der Waals surface area contributed by atoms with E-state index in [0.29, 0.717) is 25.2 Å². The maximum atomic E-state index is 12.7. The molecule has 0 aliphatic carbocycles. The van der Waals surface area contributed by atoms with E-state index in [9.17, 15) is 4.79 Å². The molecule has 4 nitrogen and oxygen atoms in total. The van der Waals surface area contributed by atoms with Crippen molar-refractivity contribution in [3.05, 3.63) is 0 Å². The smallest absolute Gasteiger partial charge is 0.232 e. The molecule has 98 valence electrons. The number of likely N-dealkylation sites (tertiary alicyclic amines) is 1. The molecule has 2 heterocycles. The first-order valence-electron chi connectivity index (χ1n) is 6.61. The van der Waals surface area contributed by atoms with Crippen molar-refractivity contribution in [2.24, 2.45) is 17.1 Å². The average molecular weight is 240 g/mol. The van der Waals surface area contributed by atoms with Crippen LogP contribution in [0.5, 0.6) is 0 Å². The van der Waals surface area contributed by atoms with Crippen LogP contribution in [-0.2, 0) is 9.53 Å². The highest BCUT2D eigenvalue weighted by atomic mass is 16.5. The molecule has 0 aromatic carbocycles. The molecule has 0 aromatic heterocycles. The number of nitrogens with two attached hydrogens (primary N) is 1. The topological polar surface area (TPSA) is 55.6 Å². The average Bonchev–Trinajstić information content (AvgIpc) is 2.64. The number of carbonyl (C=O) groups is 1. The number of rotatable bonds is 1. The van der Waals surface area contributed by atoms with Gasteiger partial charge >= 0.3 is 0 Å². The molecule has 2 aliphatic heterocycles. The Labute approximate surface area is 103 Å². The highest BCUT2D eigenvalue weighted by molar-refractivity contribution is 5.84. The number of hydrogen-bond acceptors (Lipinski definition) is 3. The highest BCUT2D eigenvalue weighted by Gasteiger charge is 2.47. The fraction of sp³-hybridized carbons (Fsp3) is 0.923. The predicted octanol–water partition coefficient (Wildman–Crippen LogP) is 0.997. The zero-order valence-electron chi connectivity index (χ0n) is 11.1. The number of nitrogens with zero attached hydrogens (tertiary/aromatic N) is 1. The minimum absolute atomic E-state index is 0.167. The molecule has 2 saturated heterocycles. The van der Waals surface area contributed by atoms with Crippen molar-refractivity contribution in [1.29, 1.82) is 0 Å². The van der Waals surface area contributed by atoms with E-state index in [1.165, 1.54) is 6.42 Å². The van der Waals surface area contributed by atoms with Crippen LogP contribution in [0.25, 0.3) is 0 Å². The third-order valence-corrected chi connectivity index (χ3v) is 4.64. The Balaban J connectivity index is 2.14. The van der Waals surface area contributed by atoms with Crippen molar-refractivity contribution in [3.63, 3.8) is 0 Å². The van der Waals surface area contributed by atoms with Gasteiger partial charge in [0.2, 0.25) is 5.91 Å². The fourth-order valence-corrected chi connectivity index (χ4v) is 2.86. The Kier molecular flexibility index (Phi) is 3.46. The molecule has 2 aliphatic rings. The minimum Gasteiger partial charge on any atom is -0.379 e. The van der Waals surface area contributed by atoms with Crippen LogP contribution in [0.3, 0.4) is 0 Å². The summed E-state index contributed by atoms with van der Waals surface area (Å²) >= 11 is 0. The third-order valence-electron chi connectivity index (χ3n) is 4.64. The van der Waals surface area contributed by atoms with Crippen LogP contribution in [0.15, 0.2) is 0 Å². The summed E-state index contributed by atoms with van der Waals surface area (Å²) in [6.45, 7) is 8.14. The highest BCUT2D eigenvalue weighted by Crippen LogP contribution is 2.33. The minimum atomic E-state index is -0.522. The van der Waals surface area contributed by atoms with Crippen LogP contribution in [0.1, 0.15) is 33.6 Å². The maximum Gasteiger partial charge on any atom is 0.232 e. The van der Waals surface area contributed by atoms with Crippen LogP contribution in [0, 0.1) is 11.3 Å². The van der Waals surface area contributed by atoms with E-state index < -0.39 is 5.41 Å². The summed E-state index contributed by atoms with van der Waals surface area (Å²) in [6, 6.07) is 0.153. The van der Waals surface area contributed by atoms with Crippen molar-refractivity contribution in [3.8, 4) is 0 Å². The van der Waals surface area contributed by atoms with Gasteiger partial charge in [-0.3, -0.25) is 4.79 Å². The van der Waals surface area contributed by atoms with Gasteiger partial charge in [0.1, 0.15) is 0 Å². The standard InChI is InChI=1S/C13H24N2O2/c1-9-5-4-6-15(10(9)2)12(16)13(3)8-17-7-11(13)14/h9-11H,4-8,14H2,1-3H3. The molecule has 4 atom stereocenters.